The Labute approximate surface area is 160 Å². The molecule has 2 saturated heterocycles. The van der Waals surface area contributed by atoms with E-state index in [0.29, 0.717) is 39.2 Å². The van der Waals surface area contributed by atoms with Gasteiger partial charge in [0, 0.05) is 38.3 Å². The number of ether oxygens (including phenoxy) is 1. The zero-order valence-corrected chi connectivity index (χ0v) is 16.3. The summed E-state index contributed by atoms with van der Waals surface area (Å²) in [7, 11) is -3.36. The molecule has 1 atom stereocenters. The maximum Gasteiger partial charge on any atom is 0.225 e. The lowest BCUT2D eigenvalue weighted by atomic mass is 10.0. The Hall–Kier alpha value is -1.51. The Morgan fingerprint density at radius 3 is 2.63 bits per heavy atom. The predicted molar refractivity (Wildman–Crippen MR) is 100 cm³/mol. The highest BCUT2D eigenvalue weighted by Crippen LogP contribution is 2.31. The predicted octanol–water partition coefficient (Wildman–Crippen LogP) is 1.40. The van der Waals surface area contributed by atoms with E-state index in [4.69, 9.17) is 4.74 Å². The molecular weight excluding hydrogens is 366 g/mol. The molecule has 3 aliphatic rings. The normalized spacial score (nSPS) is 25.0. The minimum Gasteiger partial charge on any atom is -0.371 e. The molecule has 27 heavy (non-hydrogen) atoms. The van der Waals surface area contributed by atoms with Crippen LogP contribution in [0.3, 0.4) is 0 Å². The standard InChI is InChI=1S/C19H27N3O4S/c23-19(15-5-1-2-6-15)21-12-18(13-21)27(24,25)22-10-8-17(11-22)26-14-16-7-3-4-9-20-16/h3-4,7,9,15,17-18H,1-2,5-6,8,10-14H2. The van der Waals surface area contributed by atoms with Crippen LogP contribution in [0.2, 0.25) is 0 Å². The molecule has 8 heteroatoms. The molecule has 7 nitrogen and oxygen atoms in total. The summed E-state index contributed by atoms with van der Waals surface area (Å²) in [6.07, 6.45) is 6.45. The van der Waals surface area contributed by atoms with E-state index in [2.05, 4.69) is 4.98 Å². The second-order valence-corrected chi connectivity index (χ2v) is 10.0. The molecule has 0 spiro atoms. The summed E-state index contributed by atoms with van der Waals surface area (Å²) in [5, 5.41) is -0.461. The fourth-order valence-corrected chi connectivity index (χ4v) is 6.09. The summed E-state index contributed by atoms with van der Waals surface area (Å²) in [5.74, 6) is 0.266. The molecular formula is C19H27N3O4S. The number of likely N-dealkylation sites (tertiary alicyclic amines) is 1. The van der Waals surface area contributed by atoms with Crippen LogP contribution in [-0.2, 0) is 26.2 Å². The summed E-state index contributed by atoms with van der Waals surface area (Å²) < 4.78 is 33.1. The minimum atomic E-state index is -3.36. The molecule has 3 fully saturated rings. The number of carbonyl (C=O) groups excluding carboxylic acids is 1. The van der Waals surface area contributed by atoms with Crippen LogP contribution < -0.4 is 0 Å². The lowest BCUT2D eigenvalue weighted by Gasteiger charge is -2.41. The van der Waals surface area contributed by atoms with Gasteiger partial charge in [-0.15, -0.1) is 0 Å². The minimum absolute atomic E-state index is 0.0990. The van der Waals surface area contributed by atoms with Gasteiger partial charge in [0.05, 0.1) is 18.4 Å². The number of carbonyl (C=O) groups is 1. The van der Waals surface area contributed by atoms with E-state index < -0.39 is 15.3 Å². The summed E-state index contributed by atoms with van der Waals surface area (Å²) in [6, 6.07) is 5.66. The Morgan fingerprint density at radius 1 is 1.15 bits per heavy atom. The molecule has 0 N–H and O–H groups in total. The summed E-state index contributed by atoms with van der Waals surface area (Å²) in [5.41, 5.74) is 0.846. The Balaban J connectivity index is 1.25. The summed E-state index contributed by atoms with van der Waals surface area (Å²) >= 11 is 0. The van der Waals surface area contributed by atoms with Gasteiger partial charge in [-0.2, -0.15) is 4.31 Å². The topological polar surface area (TPSA) is 79.8 Å². The monoisotopic (exact) mass is 393 g/mol. The lowest BCUT2D eigenvalue weighted by Crippen LogP contribution is -2.60. The van der Waals surface area contributed by atoms with E-state index in [1.165, 1.54) is 4.31 Å². The third-order valence-electron chi connectivity index (χ3n) is 5.95. The van der Waals surface area contributed by atoms with Crippen LogP contribution in [0.25, 0.3) is 0 Å². The Kier molecular flexibility index (Phi) is 5.48. The van der Waals surface area contributed by atoms with Crippen LogP contribution in [0.1, 0.15) is 37.8 Å². The number of rotatable bonds is 6. The zero-order valence-electron chi connectivity index (χ0n) is 15.5. The highest BCUT2D eigenvalue weighted by Gasteiger charge is 2.46. The first kappa shape index (κ1) is 18.8. The highest BCUT2D eigenvalue weighted by molar-refractivity contribution is 7.89. The van der Waals surface area contributed by atoms with E-state index in [9.17, 15) is 13.2 Å². The zero-order chi connectivity index (χ0) is 18.9. The largest absolute Gasteiger partial charge is 0.371 e. The smallest absolute Gasteiger partial charge is 0.225 e. The fraction of sp³-hybridized carbons (Fsp3) is 0.684. The number of amides is 1. The van der Waals surface area contributed by atoms with Gasteiger partial charge in [-0.3, -0.25) is 9.78 Å². The molecule has 1 aromatic heterocycles. The van der Waals surface area contributed by atoms with E-state index in [0.717, 1.165) is 31.4 Å². The number of hydrogen-bond donors (Lipinski definition) is 0. The molecule has 0 bridgehead atoms. The number of nitrogens with zero attached hydrogens (tertiary/aromatic N) is 3. The maximum atomic E-state index is 12.8. The summed E-state index contributed by atoms with van der Waals surface area (Å²) in [4.78, 5) is 18.3. The van der Waals surface area contributed by atoms with Crippen molar-refractivity contribution >= 4 is 15.9 Å². The quantitative estimate of drug-likeness (QED) is 0.730. The van der Waals surface area contributed by atoms with Gasteiger partial charge in [-0.25, -0.2) is 8.42 Å². The molecule has 2 aliphatic heterocycles. The third-order valence-corrected chi connectivity index (χ3v) is 8.14. The van der Waals surface area contributed by atoms with Crippen molar-refractivity contribution in [3.8, 4) is 0 Å². The first-order chi connectivity index (χ1) is 13.0. The van der Waals surface area contributed by atoms with Gasteiger partial charge in [-0.05, 0) is 31.4 Å². The molecule has 0 radical (unpaired) electrons. The van der Waals surface area contributed by atoms with E-state index in [1.54, 1.807) is 11.1 Å². The molecule has 1 saturated carbocycles. The van der Waals surface area contributed by atoms with Crippen molar-refractivity contribution < 1.29 is 17.9 Å². The highest BCUT2D eigenvalue weighted by atomic mass is 32.2. The number of hydrogen-bond acceptors (Lipinski definition) is 5. The van der Waals surface area contributed by atoms with Crippen molar-refractivity contribution in [2.24, 2.45) is 5.92 Å². The number of pyridine rings is 1. The van der Waals surface area contributed by atoms with Crippen molar-refractivity contribution in [2.75, 3.05) is 26.2 Å². The second-order valence-electron chi connectivity index (χ2n) is 7.79. The molecule has 3 heterocycles. The maximum absolute atomic E-state index is 12.8. The van der Waals surface area contributed by atoms with Gasteiger partial charge in [0.25, 0.3) is 0 Å². The van der Waals surface area contributed by atoms with Gasteiger partial charge >= 0.3 is 0 Å². The molecule has 0 aromatic carbocycles. The van der Waals surface area contributed by atoms with Crippen LogP contribution in [-0.4, -0.2) is 66.0 Å². The van der Waals surface area contributed by atoms with Crippen LogP contribution in [0.15, 0.2) is 24.4 Å². The van der Waals surface area contributed by atoms with Gasteiger partial charge in [0.1, 0.15) is 5.25 Å². The van der Waals surface area contributed by atoms with Crippen LogP contribution >= 0.6 is 0 Å². The van der Waals surface area contributed by atoms with E-state index >= 15 is 0 Å². The molecule has 1 aromatic rings. The van der Waals surface area contributed by atoms with Gasteiger partial charge in [0.2, 0.25) is 15.9 Å². The Bertz CT molecular complexity index is 758. The first-order valence-corrected chi connectivity index (χ1v) is 11.3. The molecule has 148 valence electrons. The first-order valence-electron chi connectivity index (χ1n) is 9.83. The molecule has 4 rings (SSSR count). The van der Waals surface area contributed by atoms with Gasteiger partial charge < -0.3 is 9.64 Å². The van der Waals surface area contributed by atoms with Crippen molar-refractivity contribution in [3.05, 3.63) is 30.1 Å². The average Bonchev–Trinajstić information content (AvgIpc) is 3.31. The number of sulfonamides is 1. The van der Waals surface area contributed by atoms with Crippen molar-refractivity contribution in [1.82, 2.24) is 14.2 Å². The molecule has 1 aliphatic carbocycles. The van der Waals surface area contributed by atoms with Gasteiger partial charge in [0.15, 0.2) is 0 Å². The lowest BCUT2D eigenvalue weighted by molar-refractivity contribution is -0.138. The van der Waals surface area contributed by atoms with E-state index in [-0.39, 0.29) is 17.9 Å². The Morgan fingerprint density at radius 2 is 1.93 bits per heavy atom. The van der Waals surface area contributed by atoms with Gasteiger partial charge in [-0.1, -0.05) is 18.9 Å². The van der Waals surface area contributed by atoms with Crippen molar-refractivity contribution in [1.29, 1.82) is 0 Å². The second kappa shape index (κ2) is 7.85. The van der Waals surface area contributed by atoms with Crippen LogP contribution in [0.5, 0.6) is 0 Å². The number of aromatic nitrogens is 1. The fourth-order valence-electron chi connectivity index (χ4n) is 4.20. The van der Waals surface area contributed by atoms with Crippen LogP contribution in [0.4, 0.5) is 0 Å². The van der Waals surface area contributed by atoms with E-state index in [1.807, 2.05) is 18.2 Å². The third kappa shape index (κ3) is 4.02. The van der Waals surface area contributed by atoms with Crippen molar-refractivity contribution in [3.63, 3.8) is 0 Å². The molecule has 1 unspecified atom stereocenters. The SMILES string of the molecule is O=C(C1CCCC1)N1CC(S(=O)(=O)N2CCC(OCc3ccccn3)C2)C1. The van der Waals surface area contributed by atoms with Crippen molar-refractivity contribution in [2.45, 2.75) is 50.1 Å². The summed E-state index contributed by atoms with van der Waals surface area (Å²) in [6.45, 7) is 1.96. The van der Waals surface area contributed by atoms with Crippen LogP contribution in [0, 0.1) is 5.92 Å². The molecule has 1 amide bonds. The average molecular weight is 394 g/mol.